The van der Waals surface area contributed by atoms with E-state index in [0.29, 0.717) is 0 Å². The van der Waals surface area contributed by atoms with Crippen LogP contribution in [0.3, 0.4) is 0 Å². The Hall–Kier alpha value is -0.703. The number of hydrogen-bond acceptors (Lipinski definition) is 0. The van der Waals surface area contributed by atoms with Crippen LogP contribution in [-0.2, 0) is 0 Å². The molecule has 27 heavy (non-hydrogen) atoms. The summed E-state index contributed by atoms with van der Waals surface area (Å²) in [5, 5.41) is 1.10. The monoisotopic (exact) mass is 391 g/mol. The first-order valence-electron chi connectivity index (χ1n) is 11.5. The zero-order valence-electron chi connectivity index (χ0n) is 17.1. The standard InChI is InChI=1S/C24H37F2Si/c1-2-3-4-5-19-6-8-20(9-7-19)10-11-21-14-16-27(17-15-21)22-12-13-23(25)24(26)18-22/h12-13,18-21H,2-11,14-17H2,1H3. The second-order valence-electron chi connectivity index (χ2n) is 9.14. The number of benzene rings is 1. The lowest BCUT2D eigenvalue weighted by Gasteiger charge is -2.31. The van der Waals surface area contributed by atoms with E-state index >= 15 is 0 Å². The third kappa shape index (κ3) is 6.41. The summed E-state index contributed by atoms with van der Waals surface area (Å²) in [5.74, 6) is 1.49. The molecule has 3 heteroatoms. The summed E-state index contributed by atoms with van der Waals surface area (Å²) in [5.41, 5.74) is 0. The van der Waals surface area contributed by atoms with Crippen LogP contribution in [0.2, 0.25) is 12.1 Å². The summed E-state index contributed by atoms with van der Waals surface area (Å²) in [4.78, 5) is 0. The van der Waals surface area contributed by atoms with Gasteiger partial charge >= 0.3 is 0 Å². The Bertz CT molecular complexity index is 557. The number of hydrogen-bond donors (Lipinski definition) is 0. The maximum Gasteiger partial charge on any atom is 0.158 e. The van der Waals surface area contributed by atoms with Crippen molar-refractivity contribution < 1.29 is 8.78 Å². The van der Waals surface area contributed by atoms with Crippen molar-refractivity contribution >= 4 is 14.0 Å². The highest BCUT2D eigenvalue weighted by Gasteiger charge is 2.26. The summed E-state index contributed by atoms with van der Waals surface area (Å²) >= 11 is 0. The minimum Gasteiger partial charge on any atom is -0.204 e. The molecule has 0 nitrogen and oxygen atoms in total. The maximum atomic E-state index is 13.5. The SMILES string of the molecule is CCCCCC1CCC(CCC2CC[Si](c3ccc(F)c(F)c3)CC2)CC1. The lowest BCUT2D eigenvalue weighted by atomic mass is 9.77. The predicted octanol–water partition coefficient (Wildman–Crippen LogP) is 7.24. The lowest BCUT2D eigenvalue weighted by Crippen LogP contribution is -2.34. The molecule has 151 valence electrons. The summed E-state index contributed by atoms with van der Waals surface area (Å²) in [6.45, 7) is 2.30. The largest absolute Gasteiger partial charge is 0.204 e. The summed E-state index contributed by atoms with van der Waals surface area (Å²) in [6, 6.07) is 7.08. The van der Waals surface area contributed by atoms with Crippen LogP contribution in [0.4, 0.5) is 8.78 Å². The third-order valence-electron chi connectivity index (χ3n) is 7.20. The van der Waals surface area contributed by atoms with E-state index in [-0.39, 0.29) is 0 Å². The first-order valence-corrected chi connectivity index (χ1v) is 13.4. The van der Waals surface area contributed by atoms with Crippen molar-refractivity contribution in [1.82, 2.24) is 0 Å². The molecule has 0 spiro atoms. The number of rotatable bonds is 8. The molecule has 1 aliphatic carbocycles. The van der Waals surface area contributed by atoms with Crippen LogP contribution < -0.4 is 5.19 Å². The Labute approximate surface area is 166 Å². The first-order chi connectivity index (χ1) is 13.2. The molecule has 3 rings (SSSR count). The molecule has 1 radical (unpaired) electrons. The number of halogens is 2. The quantitative estimate of drug-likeness (QED) is 0.323. The minimum atomic E-state index is -0.713. The Morgan fingerprint density at radius 2 is 1.37 bits per heavy atom. The third-order valence-corrected chi connectivity index (χ3v) is 10.1. The molecule has 2 fully saturated rings. The normalized spacial score (nSPS) is 25.0. The van der Waals surface area contributed by atoms with Crippen LogP contribution in [-0.4, -0.2) is 8.80 Å². The van der Waals surface area contributed by atoms with Crippen molar-refractivity contribution in [2.75, 3.05) is 0 Å². The smallest absolute Gasteiger partial charge is 0.158 e. The molecule has 2 aliphatic rings. The minimum absolute atomic E-state index is 0.664. The second-order valence-corrected chi connectivity index (χ2v) is 11.9. The Morgan fingerprint density at radius 1 is 0.778 bits per heavy atom. The van der Waals surface area contributed by atoms with Crippen molar-refractivity contribution in [2.24, 2.45) is 17.8 Å². The van der Waals surface area contributed by atoms with E-state index in [0.717, 1.165) is 22.9 Å². The van der Waals surface area contributed by atoms with E-state index in [2.05, 4.69) is 6.92 Å². The summed E-state index contributed by atoms with van der Waals surface area (Å²) in [6.07, 6.45) is 17.0. The molecule has 1 aromatic rings. The lowest BCUT2D eigenvalue weighted by molar-refractivity contribution is 0.234. The van der Waals surface area contributed by atoms with Crippen molar-refractivity contribution in [3.8, 4) is 0 Å². The highest BCUT2D eigenvalue weighted by Crippen LogP contribution is 2.37. The molecule has 0 amide bonds. The van der Waals surface area contributed by atoms with Crippen LogP contribution in [0, 0.1) is 29.4 Å². The molecule has 0 aromatic heterocycles. The van der Waals surface area contributed by atoms with Gasteiger partial charge in [-0.15, -0.1) is 0 Å². The van der Waals surface area contributed by atoms with Crippen LogP contribution in [0.15, 0.2) is 18.2 Å². The van der Waals surface area contributed by atoms with Gasteiger partial charge in [-0.1, -0.05) is 107 Å². The zero-order valence-corrected chi connectivity index (χ0v) is 18.1. The van der Waals surface area contributed by atoms with Crippen LogP contribution in [0.25, 0.3) is 0 Å². The fourth-order valence-electron chi connectivity index (χ4n) is 5.28. The highest BCUT2D eigenvalue weighted by atomic mass is 28.3. The number of unbranched alkanes of at least 4 members (excludes halogenated alkanes) is 2. The summed E-state index contributed by atoms with van der Waals surface area (Å²) in [7, 11) is -0.664. The van der Waals surface area contributed by atoms with Gasteiger partial charge in [-0.05, 0) is 29.9 Å². The fraction of sp³-hybridized carbons (Fsp3) is 0.750. The van der Waals surface area contributed by atoms with E-state index in [9.17, 15) is 8.78 Å². The Balaban J connectivity index is 1.32. The van der Waals surface area contributed by atoms with E-state index in [4.69, 9.17) is 0 Å². The van der Waals surface area contributed by atoms with Crippen LogP contribution in [0.5, 0.6) is 0 Å². The Morgan fingerprint density at radius 3 is 1.96 bits per heavy atom. The van der Waals surface area contributed by atoms with E-state index in [1.54, 1.807) is 0 Å². The second kappa shape index (κ2) is 10.7. The van der Waals surface area contributed by atoms with Gasteiger partial charge in [-0.3, -0.25) is 0 Å². The van der Waals surface area contributed by atoms with Crippen molar-refractivity contribution in [3.63, 3.8) is 0 Å². The van der Waals surface area contributed by atoms with Gasteiger partial charge in [0, 0.05) is 0 Å². The van der Waals surface area contributed by atoms with Gasteiger partial charge in [-0.2, -0.15) is 0 Å². The van der Waals surface area contributed by atoms with Gasteiger partial charge in [0.05, 0.1) is 8.80 Å². The molecular formula is C24H37F2Si. The molecule has 0 unspecified atom stereocenters. The predicted molar refractivity (Wildman–Crippen MR) is 113 cm³/mol. The van der Waals surface area contributed by atoms with Crippen molar-refractivity contribution in [1.29, 1.82) is 0 Å². The molecule has 1 aromatic carbocycles. The average Bonchev–Trinajstić information content (AvgIpc) is 2.70. The maximum absolute atomic E-state index is 13.5. The van der Waals surface area contributed by atoms with Gasteiger partial charge in [-0.25, -0.2) is 8.78 Å². The molecule has 1 heterocycles. The van der Waals surface area contributed by atoms with E-state index < -0.39 is 20.4 Å². The first kappa shape index (κ1) is 21.0. The van der Waals surface area contributed by atoms with Crippen LogP contribution >= 0.6 is 0 Å². The molecule has 1 aliphatic heterocycles. The van der Waals surface area contributed by atoms with Gasteiger partial charge < -0.3 is 0 Å². The van der Waals surface area contributed by atoms with Gasteiger partial charge in [0.25, 0.3) is 0 Å². The van der Waals surface area contributed by atoms with E-state index in [1.807, 2.05) is 6.07 Å². The molecule has 1 saturated carbocycles. The Kier molecular flexibility index (Phi) is 8.36. The van der Waals surface area contributed by atoms with Crippen LogP contribution in [0.1, 0.15) is 84.0 Å². The molecular weight excluding hydrogens is 354 g/mol. The van der Waals surface area contributed by atoms with Gasteiger partial charge in [0.15, 0.2) is 11.6 Å². The van der Waals surface area contributed by atoms with Crippen molar-refractivity contribution in [2.45, 2.75) is 96.1 Å². The zero-order chi connectivity index (χ0) is 19.1. The topological polar surface area (TPSA) is 0 Å². The molecule has 0 bridgehead atoms. The van der Waals surface area contributed by atoms with Gasteiger partial charge in [0.1, 0.15) is 0 Å². The molecule has 0 N–H and O–H groups in total. The fourth-order valence-corrected chi connectivity index (χ4v) is 8.27. The summed E-state index contributed by atoms with van der Waals surface area (Å²) < 4.78 is 26.6. The molecule has 0 atom stereocenters. The van der Waals surface area contributed by atoms with E-state index in [1.165, 1.54) is 101 Å². The van der Waals surface area contributed by atoms with Crippen molar-refractivity contribution in [3.05, 3.63) is 29.8 Å². The highest BCUT2D eigenvalue weighted by molar-refractivity contribution is 6.73. The van der Waals surface area contributed by atoms with Gasteiger partial charge in [0.2, 0.25) is 0 Å². The molecule has 1 saturated heterocycles. The average molecular weight is 392 g/mol.